The third-order valence-electron chi connectivity index (χ3n) is 10.2. The van der Waals surface area contributed by atoms with E-state index < -0.39 is 0 Å². The molecular weight excluding hydrogens is 651 g/mol. The van der Waals surface area contributed by atoms with Gasteiger partial charge in [0.2, 0.25) is 0 Å². The predicted molar refractivity (Wildman–Crippen MR) is 223 cm³/mol. The Bertz CT molecular complexity index is 2790. The van der Waals surface area contributed by atoms with Crippen LogP contribution in [0.2, 0.25) is 0 Å². The molecule has 9 aromatic rings. The first kappa shape index (κ1) is 32.3. The second kappa shape index (κ2) is 12.0. The van der Waals surface area contributed by atoms with Gasteiger partial charge in [0.15, 0.2) is 0 Å². The summed E-state index contributed by atoms with van der Waals surface area (Å²) in [5.41, 5.74) is 11.3. The zero-order valence-electron chi connectivity index (χ0n) is 30.5. The highest BCUT2D eigenvalue weighted by Gasteiger charge is 2.21. The summed E-state index contributed by atoms with van der Waals surface area (Å²) in [6, 6.07) is 51.0. The van der Waals surface area contributed by atoms with Gasteiger partial charge in [-0.3, -0.25) is 0 Å². The molecule has 0 atom stereocenters. The van der Waals surface area contributed by atoms with E-state index in [1.165, 1.54) is 64.4 Å². The average molecular weight is 692 g/mol. The van der Waals surface area contributed by atoms with E-state index in [-0.39, 0.29) is 10.8 Å². The molecule has 0 radical (unpaired) electrons. The summed E-state index contributed by atoms with van der Waals surface area (Å²) < 4.78 is 5.09. The number of para-hydroxylation sites is 1. The number of nitrogens with zero attached hydrogens (tertiary/aromatic N) is 3. The molecule has 0 spiro atoms. The van der Waals surface area contributed by atoms with E-state index in [0.29, 0.717) is 0 Å². The Kier molecular flexibility index (Phi) is 7.46. The summed E-state index contributed by atoms with van der Waals surface area (Å²) in [5, 5.41) is 5.17. The van der Waals surface area contributed by atoms with Gasteiger partial charge in [-0.05, 0) is 76.7 Å². The maximum Gasteiger partial charge on any atom is 0.135 e. The van der Waals surface area contributed by atoms with Crippen LogP contribution in [0.3, 0.4) is 0 Å². The molecule has 0 aliphatic heterocycles. The smallest absolute Gasteiger partial charge is 0.135 e. The third kappa shape index (κ3) is 5.59. The molecule has 6 aromatic carbocycles. The van der Waals surface area contributed by atoms with E-state index in [1.54, 1.807) is 0 Å². The van der Waals surface area contributed by atoms with Crippen molar-refractivity contribution in [1.82, 2.24) is 14.5 Å². The Labute approximate surface area is 309 Å². The van der Waals surface area contributed by atoms with Gasteiger partial charge in [0.1, 0.15) is 5.82 Å². The molecule has 254 valence electrons. The molecule has 9 rings (SSSR count). The molecule has 0 bridgehead atoms. The molecule has 0 aliphatic carbocycles. The van der Waals surface area contributed by atoms with Crippen molar-refractivity contribution in [3.8, 4) is 39.3 Å². The van der Waals surface area contributed by atoms with E-state index in [4.69, 9.17) is 9.97 Å². The van der Waals surface area contributed by atoms with Gasteiger partial charge >= 0.3 is 0 Å². The number of thiophene rings is 1. The van der Waals surface area contributed by atoms with Crippen LogP contribution in [0.4, 0.5) is 0 Å². The fourth-order valence-electron chi connectivity index (χ4n) is 7.32. The molecule has 0 aliphatic rings. The SMILES string of the molecule is CC(C)(C)c1ccc2sc3ccc(-n4c5ccccc5c5cc(-c6ccc(-c7cc(-c8ccccc8)nc(C(C)(C)C)n7)cc6)ccc54)cc3c2c1. The van der Waals surface area contributed by atoms with Gasteiger partial charge < -0.3 is 4.57 Å². The predicted octanol–water partition coefficient (Wildman–Crippen LogP) is 13.5. The number of aromatic nitrogens is 3. The highest BCUT2D eigenvalue weighted by molar-refractivity contribution is 7.25. The first-order valence-electron chi connectivity index (χ1n) is 18.1. The van der Waals surface area contributed by atoms with Gasteiger partial charge in [-0.2, -0.15) is 0 Å². The minimum atomic E-state index is -0.174. The molecule has 52 heavy (non-hydrogen) atoms. The molecule has 0 saturated heterocycles. The topological polar surface area (TPSA) is 30.7 Å². The van der Waals surface area contributed by atoms with Gasteiger partial charge in [-0.15, -0.1) is 11.3 Å². The van der Waals surface area contributed by atoms with Crippen LogP contribution in [0.25, 0.3) is 81.3 Å². The maximum absolute atomic E-state index is 5.04. The molecule has 0 saturated carbocycles. The number of benzene rings is 6. The van der Waals surface area contributed by atoms with E-state index in [9.17, 15) is 0 Å². The Morgan fingerprint density at radius 2 is 1.04 bits per heavy atom. The van der Waals surface area contributed by atoms with Crippen LogP contribution in [-0.4, -0.2) is 14.5 Å². The standard InChI is InChI=1S/C48H41N3S/c1-47(2,3)34-21-24-44-38(27-34)39-28-35(22-25-45(39)52-44)51-42-15-11-10-14-36(42)37-26-33(20-23-43(37)51)30-16-18-32(19-17-30)41-29-40(31-12-8-7-9-13-31)49-46(50-41)48(4,5)6/h7-29H,1-6H3. The Balaban J connectivity index is 1.13. The van der Waals surface area contributed by atoms with Gasteiger partial charge in [0.25, 0.3) is 0 Å². The largest absolute Gasteiger partial charge is 0.309 e. The molecule has 0 N–H and O–H groups in total. The lowest BCUT2D eigenvalue weighted by molar-refractivity contribution is 0.547. The van der Waals surface area contributed by atoms with Crippen LogP contribution in [0, 0.1) is 0 Å². The van der Waals surface area contributed by atoms with Crippen molar-refractivity contribution in [1.29, 1.82) is 0 Å². The molecule has 3 nitrogen and oxygen atoms in total. The third-order valence-corrected chi connectivity index (χ3v) is 11.4. The van der Waals surface area contributed by atoms with Crippen molar-refractivity contribution in [2.75, 3.05) is 0 Å². The van der Waals surface area contributed by atoms with E-state index in [2.05, 4.69) is 180 Å². The lowest BCUT2D eigenvalue weighted by atomic mass is 9.86. The summed E-state index contributed by atoms with van der Waals surface area (Å²) in [7, 11) is 0. The van der Waals surface area contributed by atoms with Crippen LogP contribution in [0.15, 0.2) is 140 Å². The highest BCUT2D eigenvalue weighted by Crippen LogP contribution is 2.40. The first-order chi connectivity index (χ1) is 25.0. The molecule has 0 amide bonds. The first-order valence-corrected chi connectivity index (χ1v) is 18.9. The second-order valence-corrected chi connectivity index (χ2v) is 17.1. The Morgan fingerprint density at radius 1 is 0.442 bits per heavy atom. The number of hydrogen-bond acceptors (Lipinski definition) is 3. The van der Waals surface area contributed by atoms with Gasteiger partial charge in [-0.25, -0.2) is 9.97 Å². The molecule has 0 unspecified atom stereocenters. The van der Waals surface area contributed by atoms with Crippen molar-refractivity contribution in [2.45, 2.75) is 52.4 Å². The molecular formula is C48H41N3S. The quantitative estimate of drug-likeness (QED) is 0.184. The number of fused-ring (bicyclic) bond motifs is 6. The van der Waals surface area contributed by atoms with Gasteiger partial charge in [-0.1, -0.05) is 126 Å². The summed E-state index contributed by atoms with van der Waals surface area (Å²) in [6.45, 7) is 13.4. The Hall–Kier alpha value is -5.58. The van der Waals surface area contributed by atoms with E-state index in [0.717, 1.165) is 28.3 Å². The zero-order chi connectivity index (χ0) is 35.8. The molecule has 0 fully saturated rings. The normalized spacial score (nSPS) is 12.4. The monoisotopic (exact) mass is 691 g/mol. The second-order valence-electron chi connectivity index (χ2n) is 16.0. The van der Waals surface area contributed by atoms with Crippen LogP contribution < -0.4 is 0 Å². The van der Waals surface area contributed by atoms with Crippen LogP contribution in [0.5, 0.6) is 0 Å². The highest BCUT2D eigenvalue weighted by atomic mass is 32.1. The van der Waals surface area contributed by atoms with E-state index >= 15 is 0 Å². The van der Waals surface area contributed by atoms with E-state index in [1.807, 2.05) is 17.4 Å². The minimum Gasteiger partial charge on any atom is -0.309 e. The summed E-state index contributed by atoms with van der Waals surface area (Å²) >= 11 is 1.88. The van der Waals surface area contributed by atoms with Crippen molar-refractivity contribution in [3.05, 3.63) is 151 Å². The number of rotatable bonds is 4. The van der Waals surface area contributed by atoms with Crippen molar-refractivity contribution in [2.24, 2.45) is 0 Å². The van der Waals surface area contributed by atoms with Crippen molar-refractivity contribution in [3.63, 3.8) is 0 Å². The summed E-state index contributed by atoms with van der Waals surface area (Å²) in [6.07, 6.45) is 0. The summed E-state index contributed by atoms with van der Waals surface area (Å²) in [5.74, 6) is 0.843. The Morgan fingerprint density at radius 3 is 1.75 bits per heavy atom. The fraction of sp³-hybridized carbons (Fsp3) is 0.167. The van der Waals surface area contributed by atoms with Crippen molar-refractivity contribution < 1.29 is 0 Å². The van der Waals surface area contributed by atoms with Crippen LogP contribution in [0.1, 0.15) is 52.9 Å². The van der Waals surface area contributed by atoms with Gasteiger partial charge in [0, 0.05) is 53.2 Å². The summed E-state index contributed by atoms with van der Waals surface area (Å²) in [4.78, 5) is 10.0. The lowest BCUT2D eigenvalue weighted by Gasteiger charge is -2.19. The number of hydrogen-bond donors (Lipinski definition) is 0. The molecule has 4 heteroatoms. The fourth-order valence-corrected chi connectivity index (χ4v) is 8.39. The molecule has 3 heterocycles. The zero-order valence-corrected chi connectivity index (χ0v) is 31.3. The van der Waals surface area contributed by atoms with Crippen molar-refractivity contribution >= 4 is 53.3 Å². The maximum atomic E-state index is 5.04. The minimum absolute atomic E-state index is 0.0997. The lowest BCUT2D eigenvalue weighted by Crippen LogP contribution is -2.16. The van der Waals surface area contributed by atoms with Gasteiger partial charge in [0.05, 0.1) is 22.4 Å². The average Bonchev–Trinajstić information content (AvgIpc) is 3.69. The van der Waals surface area contributed by atoms with Crippen LogP contribution in [-0.2, 0) is 10.8 Å². The molecule has 3 aromatic heterocycles. The van der Waals surface area contributed by atoms with Crippen LogP contribution >= 0.6 is 11.3 Å².